The molecule has 8 nitrogen and oxygen atoms in total. The highest BCUT2D eigenvalue weighted by molar-refractivity contribution is 5.71. The number of phenols is 1. The van der Waals surface area contributed by atoms with E-state index in [0.29, 0.717) is 35.0 Å². The average Bonchev–Trinajstić information content (AvgIpc) is 2.74. The Morgan fingerprint density at radius 3 is 2.64 bits per heavy atom. The van der Waals surface area contributed by atoms with E-state index in [1.165, 1.54) is 0 Å². The minimum atomic E-state index is 0.0934. The van der Waals surface area contributed by atoms with Gasteiger partial charge in [0.15, 0.2) is 5.82 Å². The quantitative estimate of drug-likeness (QED) is 0.713. The van der Waals surface area contributed by atoms with Gasteiger partial charge in [0, 0.05) is 49.2 Å². The average molecular weight is 377 g/mol. The van der Waals surface area contributed by atoms with E-state index in [-0.39, 0.29) is 5.75 Å². The first-order chi connectivity index (χ1) is 13.6. The summed E-state index contributed by atoms with van der Waals surface area (Å²) in [5.74, 6) is 1.81. The summed E-state index contributed by atoms with van der Waals surface area (Å²) < 4.78 is 0. The molecule has 0 amide bonds. The van der Waals surface area contributed by atoms with Gasteiger partial charge in [-0.2, -0.15) is 0 Å². The largest absolute Gasteiger partial charge is 0.507 e. The number of benzene rings is 1. The number of nitrogens with zero attached hydrogens (tertiary/aromatic N) is 6. The van der Waals surface area contributed by atoms with Crippen molar-refractivity contribution in [1.29, 1.82) is 0 Å². The predicted molar refractivity (Wildman–Crippen MR) is 107 cm³/mol. The highest BCUT2D eigenvalue weighted by Crippen LogP contribution is 2.31. The van der Waals surface area contributed by atoms with Gasteiger partial charge in [0.1, 0.15) is 11.4 Å². The molecule has 0 aliphatic carbocycles. The van der Waals surface area contributed by atoms with E-state index in [0.717, 1.165) is 25.2 Å². The molecule has 1 aromatic carbocycles. The summed E-state index contributed by atoms with van der Waals surface area (Å²) in [6, 6.07) is 7.43. The van der Waals surface area contributed by atoms with E-state index in [1.807, 2.05) is 6.07 Å². The highest BCUT2D eigenvalue weighted by atomic mass is 16.3. The maximum atomic E-state index is 10.5. The molecule has 0 spiro atoms. The Kier molecular flexibility index (Phi) is 5.12. The number of hydrogen-bond acceptors (Lipinski definition) is 8. The second-order valence-electron chi connectivity index (χ2n) is 7.20. The monoisotopic (exact) mass is 377 g/mol. The third-order valence-corrected chi connectivity index (χ3v) is 4.94. The van der Waals surface area contributed by atoms with E-state index in [9.17, 15) is 5.11 Å². The lowest BCUT2D eigenvalue weighted by atomic mass is 10.0. The third-order valence-electron chi connectivity index (χ3n) is 4.94. The first-order valence-electron chi connectivity index (χ1n) is 9.40. The van der Waals surface area contributed by atoms with Crippen molar-refractivity contribution in [2.24, 2.45) is 5.92 Å². The molecule has 0 saturated carbocycles. The van der Waals surface area contributed by atoms with Crippen LogP contribution in [0.3, 0.4) is 0 Å². The predicted octanol–water partition coefficient (Wildman–Crippen LogP) is 2.14. The zero-order valence-corrected chi connectivity index (χ0v) is 15.9. The fraction of sp³-hybridized carbons (Fsp3) is 0.350. The Morgan fingerprint density at radius 1 is 1.14 bits per heavy atom. The molecule has 3 heterocycles. The molecule has 1 saturated heterocycles. The second kappa shape index (κ2) is 7.85. The third kappa shape index (κ3) is 3.77. The minimum absolute atomic E-state index is 0.0934. The summed E-state index contributed by atoms with van der Waals surface area (Å²) in [5.41, 5.74) is 1.84. The van der Waals surface area contributed by atoms with Crippen LogP contribution in [-0.2, 0) is 0 Å². The van der Waals surface area contributed by atoms with Crippen molar-refractivity contribution in [3.63, 3.8) is 0 Å². The van der Waals surface area contributed by atoms with Gasteiger partial charge in [-0.3, -0.25) is 0 Å². The number of anilines is 1. The van der Waals surface area contributed by atoms with Gasteiger partial charge in [-0.1, -0.05) is 19.9 Å². The molecular weight excluding hydrogens is 354 g/mol. The Balaban J connectivity index is 1.54. The number of phenolic OH excluding ortho intramolecular Hbond substituents is 1. The molecule has 3 aromatic rings. The van der Waals surface area contributed by atoms with Crippen LogP contribution in [0.1, 0.15) is 13.8 Å². The van der Waals surface area contributed by atoms with Crippen molar-refractivity contribution in [2.45, 2.75) is 19.9 Å². The molecular formula is C20H23N7O. The summed E-state index contributed by atoms with van der Waals surface area (Å²) >= 11 is 0. The van der Waals surface area contributed by atoms with Gasteiger partial charge in [0.2, 0.25) is 5.95 Å². The second-order valence-corrected chi connectivity index (χ2v) is 7.20. The van der Waals surface area contributed by atoms with Gasteiger partial charge in [-0.25, -0.2) is 15.0 Å². The van der Waals surface area contributed by atoms with Crippen LogP contribution in [0.15, 0.2) is 42.9 Å². The Morgan fingerprint density at radius 2 is 1.96 bits per heavy atom. The van der Waals surface area contributed by atoms with Crippen LogP contribution in [0.4, 0.5) is 5.95 Å². The molecule has 2 aromatic heterocycles. The summed E-state index contributed by atoms with van der Waals surface area (Å²) in [6.07, 6.45) is 4.99. The molecule has 2 N–H and O–H groups in total. The zero-order valence-electron chi connectivity index (χ0n) is 15.9. The van der Waals surface area contributed by atoms with E-state index in [4.69, 9.17) is 0 Å². The molecule has 144 valence electrons. The lowest BCUT2D eigenvalue weighted by molar-refractivity contribution is 0.365. The molecule has 4 rings (SSSR count). The van der Waals surface area contributed by atoms with E-state index in [2.05, 4.69) is 49.2 Å². The van der Waals surface area contributed by atoms with E-state index < -0.39 is 0 Å². The number of aromatic hydroxyl groups is 1. The molecule has 28 heavy (non-hydrogen) atoms. The fourth-order valence-electron chi connectivity index (χ4n) is 3.28. The number of hydrogen-bond donors (Lipinski definition) is 2. The number of aromatic nitrogens is 5. The van der Waals surface area contributed by atoms with Crippen molar-refractivity contribution in [1.82, 2.24) is 30.5 Å². The summed E-state index contributed by atoms with van der Waals surface area (Å²) in [7, 11) is 0. The molecule has 1 aliphatic heterocycles. The molecule has 1 fully saturated rings. The normalized spacial score (nSPS) is 17.1. The van der Waals surface area contributed by atoms with Crippen LogP contribution < -0.4 is 10.2 Å². The molecule has 1 atom stereocenters. The summed E-state index contributed by atoms with van der Waals surface area (Å²) in [6.45, 7) is 7.02. The highest BCUT2D eigenvalue weighted by Gasteiger charge is 2.23. The van der Waals surface area contributed by atoms with E-state index >= 15 is 0 Å². The number of rotatable bonds is 4. The lowest BCUT2D eigenvalue weighted by Gasteiger charge is -2.35. The topological polar surface area (TPSA) is 100.0 Å². The summed E-state index contributed by atoms with van der Waals surface area (Å²) in [5, 5.41) is 22.6. The van der Waals surface area contributed by atoms with Crippen LogP contribution in [0.5, 0.6) is 5.75 Å². The summed E-state index contributed by atoms with van der Waals surface area (Å²) in [4.78, 5) is 15.0. The first kappa shape index (κ1) is 18.2. The van der Waals surface area contributed by atoms with Crippen LogP contribution in [0.25, 0.3) is 22.6 Å². The van der Waals surface area contributed by atoms with Crippen molar-refractivity contribution >= 4 is 5.95 Å². The Bertz CT molecular complexity index is 931. The van der Waals surface area contributed by atoms with Crippen molar-refractivity contribution in [2.75, 3.05) is 24.5 Å². The van der Waals surface area contributed by atoms with Crippen LogP contribution >= 0.6 is 0 Å². The lowest BCUT2D eigenvalue weighted by Crippen LogP contribution is -2.53. The van der Waals surface area contributed by atoms with Gasteiger partial charge >= 0.3 is 0 Å². The molecule has 8 heteroatoms. The molecule has 0 bridgehead atoms. The van der Waals surface area contributed by atoms with Gasteiger partial charge in [-0.15, -0.1) is 10.2 Å². The molecule has 1 aliphatic rings. The Hall–Kier alpha value is -3.13. The van der Waals surface area contributed by atoms with Crippen LogP contribution in [0, 0.1) is 5.92 Å². The van der Waals surface area contributed by atoms with Crippen molar-refractivity contribution in [3.05, 3.63) is 42.9 Å². The number of piperazine rings is 1. The number of nitrogens with one attached hydrogen (secondary N) is 1. The smallest absolute Gasteiger partial charge is 0.245 e. The Labute approximate surface area is 163 Å². The van der Waals surface area contributed by atoms with Crippen LogP contribution in [0.2, 0.25) is 0 Å². The molecule has 0 radical (unpaired) electrons. The minimum Gasteiger partial charge on any atom is -0.507 e. The van der Waals surface area contributed by atoms with Gasteiger partial charge in [0.25, 0.3) is 0 Å². The van der Waals surface area contributed by atoms with Gasteiger partial charge in [-0.05, 0) is 24.1 Å². The molecule has 0 unspecified atom stereocenters. The van der Waals surface area contributed by atoms with Crippen molar-refractivity contribution < 1.29 is 5.11 Å². The zero-order chi connectivity index (χ0) is 19.5. The van der Waals surface area contributed by atoms with Gasteiger partial charge in [0.05, 0.1) is 6.20 Å². The maximum absolute atomic E-state index is 10.5. The fourth-order valence-corrected chi connectivity index (χ4v) is 3.28. The van der Waals surface area contributed by atoms with E-state index in [1.54, 1.807) is 36.8 Å². The maximum Gasteiger partial charge on any atom is 0.245 e. The van der Waals surface area contributed by atoms with Crippen LogP contribution in [-0.4, -0.2) is 55.9 Å². The van der Waals surface area contributed by atoms with Crippen molar-refractivity contribution in [3.8, 4) is 28.4 Å². The SMILES string of the molecule is CC(C)[C@H]1CN(c2ncc(-c3ccc(-c4ncccn4)cc3O)nn2)CCN1. The van der Waals surface area contributed by atoms with Gasteiger partial charge < -0.3 is 15.3 Å². The first-order valence-corrected chi connectivity index (χ1v) is 9.40. The standard InChI is InChI=1S/C20H23N7O/c1-13(2)17-12-27(9-8-21-17)20-24-11-16(25-26-20)15-5-4-14(10-18(15)28)19-22-6-3-7-23-19/h3-7,10-11,13,17,21,28H,8-9,12H2,1-2H3/t17-/m1/s1.